The van der Waals surface area contributed by atoms with Gasteiger partial charge >= 0.3 is 0 Å². The second-order valence-electron chi connectivity index (χ2n) is 7.41. The van der Waals surface area contributed by atoms with Crippen molar-refractivity contribution < 1.29 is 0 Å². The summed E-state index contributed by atoms with van der Waals surface area (Å²) in [6.45, 7) is 5.00. The first-order valence-electron chi connectivity index (χ1n) is 10.5. The maximum Gasteiger partial charge on any atom is 0.180 e. The van der Waals surface area contributed by atoms with Gasteiger partial charge in [0, 0.05) is 43.8 Å². The van der Waals surface area contributed by atoms with Gasteiger partial charge in [-0.25, -0.2) is 15.0 Å². The largest absolute Gasteiger partial charge is 0.366 e. The van der Waals surface area contributed by atoms with Crippen LogP contribution in [0, 0.1) is 0 Å². The molecule has 6 nitrogen and oxygen atoms in total. The Balaban J connectivity index is 1.49. The molecule has 3 aromatic heterocycles. The van der Waals surface area contributed by atoms with E-state index in [1.807, 2.05) is 30.5 Å². The molecule has 29 heavy (non-hydrogen) atoms. The van der Waals surface area contributed by atoms with E-state index >= 15 is 0 Å². The fourth-order valence-corrected chi connectivity index (χ4v) is 3.61. The highest BCUT2D eigenvalue weighted by molar-refractivity contribution is 5.53. The minimum Gasteiger partial charge on any atom is -0.366 e. The average molecular weight is 389 g/mol. The fourth-order valence-electron chi connectivity index (χ4n) is 3.61. The van der Waals surface area contributed by atoms with E-state index < -0.39 is 0 Å². The van der Waals surface area contributed by atoms with Gasteiger partial charge in [-0.2, -0.15) is 0 Å². The summed E-state index contributed by atoms with van der Waals surface area (Å²) in [4.78, 5) is 20.7. The SMILES string of the molecule is CCc1cc(NCc2ccnc(N3CCCCCC3)c2)nc(-c2ccccn2)n1. The Kier molecular flexibility index (Phi) is 6.29. The monoisotopic (exact) mass is 388 g/mol. The quantitative estimate of drug-likeness (QED) is 0.671. The number of anilines is 2. The Morgan fingerprint density at radius 3 is 2.55 bits per heavy atom. The second-order valence-corrected chi connectivity index (χ2v) is 7.41. The summed E-state index contributed by atoms with van der Waals surface area (Å²) in [6, 6.07) is 12.1. The van der Waals surface area contributed by atoms with Crippen molar-refractivity contribution in [3.8, 4) is 11.5 Å². The normalized spacial score (nSPS) is 14.4. The lowest BCUT2D eigenvalue weighted by molar-refractivity contribution is 0.726. The Bertz CT molecular complexity index is 920. The highest BCUT2D eigenvalue weighted by atomic mass is 15.2. The van der Waals surface area contributed by atoms with E-state index in [0.29, 0.717) is 12.4 Å². The molecule has 1 N–H and O–H groups in total. The number of nitrogens with zero attached hydrogens (tertiary/aromatic N) is 5. The van der Waals surface area contributed by atoms with Gasteiger partial charge in [0.25, 0.3) is 0 Å². The van der Waals surface area contributed by atoms with Crippen molar-refractivity contribution >= 4 is 11.6 Å². The second kappa shape index (κ2) is 9.45. The zero-order chi connectivity index (χ0) is 19.9. The van der Waals surface area contributed by atoms with Gasteiger partial charge in [0.2, 0.25) is 0 Å². The maximum absolute atomic E-state index is 4.68. The van der Waals surface area contributed by atoms with Gasteiger partial charge in [-0.3, -0.25) is 4.98 Å². The summed E-state index contributed by atoms with van der Waals surface area (Å²) >= 11 is 0. The van der Waals surface area contributed by atoms with Crippen LogP contribution < -0.4 is 10.2 Å². The number of rotatable bonds is 6. The summed E-state index contributed by atoms with van der Waals surface area (Å²) in [5.41, 5.74) is 3.00. The van der Waals surface area contributed by atoms with E-state index in [1.54, 1.807) is 6.20 Å². The van der Waals surface area contributed by atoms with Crippen LogP contribution in [0.15, 0.2) is 48.8 Å². The van der Waals surface area contributed by atoms with Crippen LogP contribution in [0.5, 0.6) is 0 Å². The van der Waals surface area contributed by atoms with Crippen molar-refractivity contribution in [1.82, 2.24) is 19.9 Å². The molecule has 0 atom stereocenters. The highest BCUT2D eigenvalue weighted by Gasteiger charge is 2.12. The molecule has 3 aromatic rings. The minimum atomic E-state index is 0.660. The van der Waals surface area contributed by atoms with Crippen LogP contribution in [-0.4, -0.2) is 33.0 Å². The molecule has 0 unspecified atom stereocenters. The molecule has 6 heteroatoms. The van der Waals surface area contributed by atoms with Crippen molar-refractivity contribution in [2.45, 2.75) is 45.6 Å². The van der Waals surface area contributed by atoms with Gasteiger partial charge < -0.3 is 10.2 Å². The molecule has 0 spiro atoms. The first-order valence-corrected chi connectivity index (χ1v) is 10.5. The average Bonchev–Trinajstić information content (AvgIpc) is 3.08. The van der Waals surface area contributed by atoms with Crippen LogP contribution in [-0.2, 0) is 13.0 Å². The number of hydrogen-bond donors (Lipinski definition) is 1. The minimum absolute atomic E-state index is 0.660. The summed E-state index contributed by atoms with van der Waals surface area (Å²) < 4.78 is 0. The third-order valence-corrected chi connectivity index (χ3v) is 5.25. The molecule has 4 rings (SSSR count). The summed E-state index contributed by atoms with van der Waals surface area (Å²) in [5, 5.41) is 3.46. The standard InChI is InChI=1S/C23H28N6/c1-2-19-16-21(28-23(27-19)20-9-5-6-11-24-20)26-17-18-10-12-25-22(15-18)29-13-7-3-4-8-14-29/h5-6,9-12,15-16H,2-4,7-8,13-14,17H2,1H3,(H,26,27,28). The Labute approximate surface area is 172 Å². The molecule has 1 saturated heterocycles. The van der Waals surface area contributed by atoms with E-state index in [9.17, 15) is 0 Å². The van der Waals surface area contributed by atoms with Gasteiger partial charge in [0.05, 0.1) is 0 Å². The van der Waals surface area contributed by atoms with Gasteiger partial charge in [0.1, 0.15) is 17.3 Å². The van der Waals surface area contributed by atoms with Crippen LogP contribution >= 0.6 is 0 Å². The molecule has 0 aliphatic carbocycles. The van der Waals surface area contributed by atoms with Crippen LogP contribution in [0.3, 0.4) is 0 Å². The lowest BCUT2D eigenvalue weighted by atomic mass is 10.2. The van der Waals surface area contributed by atoms with Crippen molar-refractivity contribution in [2.24, 2.45) is 0 Å². The zero-order valence-corrected chi connectivity index (χ0v) is 17.0. The van der Waals surface area contributed by atoms with Gasteiger partial charge in [-0.15, -0.1) is 0 Å². The summed E-state index contributed by atoms with van der Waals surface area (Å²) in [5.74, 6) is 2.57. The van der Waals surface area contributed by atoms with Crippen LogP contribution in [0.1, 0.15) is 43.9 Å². The molecule has 0 bridgehead atoms. The Hall–Kier alpha value is -3.02. The molecule has 0 radical (unpaired) electrons. The molecule has 0 amide bonds. The fraction of sp³-hybridized carbons (Fsp3) is 0.391. The third kappa shape index (κ3) is 5.08. The van der Waals surface area contributed by atoms with E-state index in [4.69, 9.17) is 0 Å². The topological polar surface area (TPSA) is 66.8 Å². The zero-order valence-electron chi connectivity index (χ0n) is 17.0. The van der Waals surface area contributed by atoms with Crippen molar-refractivity contribution in [2.75, 3.05) is 23.3 Å². The molecule has 1 fully saturated rings. The smallest absolute Gasteiger partial charge is 0.180 e. The van der Waals surface area contributed by atoms with Crippen molar-refractivity contribution in [3.63, 3.8) is 0 Å². The predicted octanol–water partition coefficient (Wildman–Crippen LogP) is 4.49. The van der Waals surface area contributed by atoms with Gasteiger partial charge in [-0.1, -0.05) is 25.8 Å². The number of pyridine rings is 2. The first-order chi connectivity index (χ1) is 14.3. The van der Waals surface area contributed by atoms with E-state index in [0.717, 1.165) is 42.5 Å². The molecule has 0 saturated carbocycles. The van der Waals surface area contributed by atoms with Crippen LogP contribution in [0.4, 0.5) is 11.6 Å². The molecular formula is C23H28N6. The first kappa shape index (κ1) is 19.3. The Morgan fingerprint density at radius 2 is 1.79 bits per heavy atom. The number of hydrogen-bond acceptors (Lipinski definition) is 6. The molecule has 150 valence electrons. The maximum atomic E-state index is 4.68. The molecule has 1 aliphatic heterocycles. The van der Waals surface area contributed by atoms with Gasteiger partial charge in [-0.05, 0) is 49.1 Å². The van der Waals surface area contributed by atoms with E-state index in [1.165, 1.54) is 31.2 Å². The number of nitrogens with one attached hydrogen (secondary N) is 1. The molecule has 0 aromatic carbocycles. The van der Waals surface area contributed by atoms with E-state index in [2.05, 4.69) is 49.2 Å². The van der Waals surface area contributed by atoms with Crippen molar-refractivity contribution in [1.29, 1.82) is 0 Å². The number of aromatic nitrogens is 4. The van der Waals surface area contributed by atoms with E-state index in [-0.39, 0.29) is 0 Å². The number of aryl methyl sites for hydroxylation is 1. The summed E-state index contributed by atoms with van der Waals surface area (Å²) in [7, 11) is 0. The van der Waals surface area contributed by atoms with Crippen LogP contribution in [0.25, 0.3) is 11.5 Å². The Morgan fingerprint density at radius 1 is 0.931 bits per heavy atom. The molecule has 1 aliphatic rings. The molecule has 4 heterocycles. The third-order valence-electron chi connectivity index (χ3n) is 5.25. The lowest BCUT2D eigenvalue weighted by Gasteiger charge is -2.21. The molecular weight excluding hydrogens is 360 g/mol. The highest BCUT2D eigenvalue weighted by Crippen LogP contribution is 2.20. The lowest BCUT2D eigenvalue weighted by Crippen LogP contribution is -2.25. The van der Waals surface area contributed by atoms with Crippen molar-refractivity contribution in [3.05, 3.63) is 60.0 Å². The predicted molar refractivity (Wildman–Crippen MR) is 117 cm³/mol. The van der Waals surface area contributed by atoms with Gasteiger partial charge in [0.15, 0.2) is 5.82 Å². The van der Waals surface area contributed by atoms with Crippen LogP contribution in [0.2, 0.25) is 0 Å². The summed E-state index contributed by atoms with van der Waals surface area (Å²) in [6.07, 6.45) is 9.68.